The molecule has 0 radical (unpaired) electrons. The number of rotatable bonds is 8. The second-order valence-electron chi connectivity index (χ2n) is 7.23. The number of halogens is 1. The lowest BCUT2D eigenvalue weighted by atomic mass is 10.2. The predicted octanol–water partition coefficient (Wildman–Crippen LogP) is 3.81. The molecule has 1 amide bonds. The molecule has 1 aromatic heterocycles. The Morgan fingerprint density at radius 2 is 1.85 bits per heavy atom. The smallest absolute Gasteiger partial charge is 0.232 e. The maximum atomic E-state index is 12.4. The van der Waals surface area contributed by atoms with Crippen molar-refractivity contribution in [1.82, 2.24) is 10.2 Å². The van der Waals surface area contributed by atoms with Crippen LogP contribution in [0.1, 0.15) is 12.8 Å². The van der Waals surface area contributed by atoms with Gasteiger partial charge in [-0.25, -0.2) is 8.42 Å². The second-order valence-corrected chi connectivity index (χ2v) is 10.6. The minimum Gasteiger partial charge on any atom is -0.486 e. The SMILES string of the molecule is CS(=O)(=O)N(CCCC(=O)Nc1nnc(-c2ccc(Cl)cc2)s1)c1ccc2c(c1)OCCO2. The lowest BCUT2D eigenvalue weighted by Gasteiger charge is -2.25. The topological polar surface area (TPSA) is 111 Å². The van der Waals surface area contributed by atoms with Crippen molar-refractivity contribution < 1.29 is 22.7 Å². The molecule has 0 atom stereocenters. The monoisotopic (exact) mass is 508 g/mol. The summed E-state index contributed by atoms with van der Waals surface area (Å²) in [6.45, 7) is 0.992. The summed E-state index contributed by atoms with van der Waals surface area (Å²) < 4.78 is 37.0. The molecule has 0 saturated carbocycles. The third-order valence-electron chi connectivity index (χ3n) is 4.74. The number of nitrogens with one attached hydrogen (secondary N) is 1. The van der Waals surface area contributed by atoms with Crippen LogP contribution in [0.5, 0.6) is 11.5 Å². The van der Waals surface area contributed by atoms with E-state index in [0.29, 0.717) is 52.0 Å². The summed E-state index contributed by atoms with van der Waals surface area (Å²) in [4.78, 5) is 12.4. The minimum absolute atomic E-state index is 0.117. The van der Waals surface area contributed by atoms with Gasteiger partial charge in [-0.15, -0.1) is 10.2 Å². The Morgan fingerprint density at radius 1 is 1.12 bits per heavy atom. The van der Waals surface area contributed by atoms with Crippen LogP contribution in [0.4, 0.5) is 10.8 Å². The zero-order valence-corrected chi connectivity index (χ0v) is 20.0. The summed E-state index contributed by atoms with van der Waals surface area (Å²) in [5, 5.41) is 12.4. The van der Waals surface area contributed by atoms with Crippen molar-refractivity contribution in [3.05, 3.63) is 47.5 Å². The number of fused-ring (bicyclic) bond motifs is 1. The average molecular weight is 509 g/mol. The Bertz CT molecular complexity index is 1250. The molecule has 1 aliphatic rings. The largest absolute Gasteiger partial charge is 0.486 e. The zero-order valence-electron chi connectivity index (χ0n) is 17.7. The van der Waals surface area contributed by atoms with E-state index in [1.165, 1.54) is 15.6 Å². The number of carbonyl (C=O) groups is 1. The van der Waals surface area contributed by atoms with Crippen molar-refractivity contribution in [1.29, 1.82) is 0 Å². The number of ether oxygens (including phenoxy) is 2. The van der Waals surface area contributed by atoms with Gasteiger partial charge in [0, 0.05) is 29.6 Å². The molecule has 0 aliphatic carbocycles. The number of hydrogen-bond donors (Lipinski definition) is 1. The average Bonchev–Trinajstić information content (AvgIpc) is 3.24. The van der Waals surface area contributed by atoms with Gasteiger partial charge in [0.15, 0.2) is 11.5 Å². The van der Waals surface area contributed by atoms with E-state index in [9.17, 15) is 13.2 Å². The predicted molar refractivity (Wildman–Crippen MR) is 128 cm³/mol. The van der Waals surface area contributed by atoms with Crippen LogP contribution in [-0.2, 0) is 14.8 Å². The fraction of sp³-hybridized carbons (Fsp3) is 0.286. The number of benzene rings is 2. The van der Waals surface area contributed by atoms with Crippen molar-refractivity contribution in [3.8, 4) is 22.1 Å². The van der Waals surface area contributed by atoms with Crippen molar-refractivity contribution in [3.63, 3.8) is 0 Å². The number of hydrogen-bond acceptors (Lipinski definition) is 8. The molecule has 174 valence electrons. The minimum atomic E-state index is -3.56. The molecule has 1 aliphatic heterocycles. The first-order valence-corrected chi connectivity index (χ1v) is 13.1. The lowest BCUT2D eigenvalue weighted by molar-refractivity contribution is -0.116. The molecule has 0 fully saturated rings. The molecule has 33 heavy (non-hydrogen) atoms. The van der Waals surface area contributed by atoms with E-state index >= 15 is 0 Å². The molecule has 0 spiro atoms. The number of sulfonamides is 1. The molecule has 0 unspecified atom stereocenters. The van der Waals surface area contributed by atoms with Crippen molar-refractivity contribution >= 4 is 49.7 Å². The summed E-state index contributed by atoms with van der Waals surface area (Å²) in [6.07, 6.45) is 1.56. The van der Waals surface area contributed by atoms with Gasteiger partial charge in [-0.1, -0.05) is 35.1 Å². The molecular weight excluding hydrogens is 488 g/mol. The Hall–Kier alpha value is -2.89. The molecule has 0 saturated heterocycles. The van der Waals surface area contributed by atoms with Crippen LogP contribution in [0, 0.1) is 0 Å². The quantitative estimate of drug-likeness (QED) is 0.492. The van der Waals surface area contributed by atoms with Gasteiger partial charge in [0.2, 0.25) is 21.1 Å². The fourth-order valence-corrected chi connectivity index (χ4v) is 5.07. The van der Waals surface area contributed by atoms with Crippen LogP contribution in [-0.4, -0.2) is 50.5 Å². The molecule has 0 bridgehead atoms. The van der Waals surface area contributed by atoms with Gasteiger partial charge in [-0.05, 0) is 30.7 Å². The van der Waals surface area contributed by atoms with Crippen LogP contribution in [0.2, 0.25) is 5.02 Å². The van der Waals surface area contributed by atoms with E-state index in [2.05, 4.69) is 15.5 Å². The Kier molecular flexibility index (Phi) is 7.01. The molecule has 3 aromatic rings. The van der Waals surface area contributed by atoms with Crippen LogP contribution in [0.3, 0.4) is 0 Å². The number of aromatic nitrogens is 2. The van der Waals surface area contributed by atoms with Gasteiger partial charge >= 0.3 is 0 Å². The van der Waals surface area contributed by atoms with Crippen molar-refractivity contribution in [2.75, 3.05) is 35.6 Å². The van der Waals surface area contributed by atoms with E-state index in [1.54, 1.807) is 30.3 Å². The first-order chi connectivity index (χ1) is 15.8. The summed E-state index contributed by atoms with van der Waals surface area (Å²) in [6, 6.07) is 12.1. The van der Waals surface area contributed by atoms with Crippen molar-refractivity contribution in [2.45, 2.75) is 12.8 Å². The normalized spacial score (nSPS) is 12.9. The van der Waals surface area contributed by atoms with E-state index < -0.39 is 10.0 Å². The third kappa shape index (κ3) is 5.92. The summed E-state index contributed by atoms with van der Waals surface area (Å²) >= 11 is 7.14. The number of nitrogens with zero attached hydrogens (tertiary/aromatic N) is 3. The summed E-state index contributed by atoms with van der Waals surface area (Å²) in [5.41, 5.74) is 1.31. The Labute approximate surface area is 200 Å². The number of amides is 1. The lowest BCUT2D eigenvalue weighted by Crippen LogP contribution is -2.31. The van der Waals surface area contributed by atoms with Gasteiger partial charge in [-0.2, -0.15) is 0 Å². The zero-order chi connectivity index (χ0) is 23.4. The molecular formula is C21H21ClN4O5S2. The van der Waals surface area contributed by atoms with Gasteiger partial charge in [0.05, 0.1) is 11.9 Å². The van der Waals surface area contributed by atoms with Gasteiger partial charge < -0.3 is 14.8 Å². The first kappa shape index (κ1) is 23.3. The van der Waals surface area contributed by atoms with Crippen LogP contribution in [0.15, 0.2) is 42.5 Å². The standard InChI is InChI=1S/C21H21ClN4O5S2/c1-33(28,29)26(16-8-9-17-18(13-16)31-12-11-30-17)10-2-3-19(27)23-21-25-24-20(32-21)14-4-6-15(22)7-5-14/h4-9,13H,2-3,10-12H2,1H3,(H,23,25,27). The highest BCUT2D eigenvalue weighted by molar-refractivity contribution is 7.92. The number of anilines is 2. The highest BCUT2D eigenvalue weighted by atomic mass is 35.5. The van der Waals surface area contributed by atoms with Crippen molar-refractivity contribution in [2.24, 2.45) is 0 Å². The van der Waals surface area contributed by atoms with Gasteiger partial charge in [0.1, 0.15) is 18.2 Å². The Morgan fingerprint density at radius 3 is 2.58 bits per heavy atom. The summed E-state index contributed by atoms with van der Waals surface area (Å²) in [7, 11) is -3.56. The molecule has 1 N–H and O–H groups in total. The van der Waals surface area contributed by atoms with Crippen LogP contribution < -0.4 is 19.1 Å². The van der Waals surface area contributed by atoms with E-state index in [-0.39, 0.29) is 18.9 Å². The van der Waals surface area contributed by atoms with Gasteiger partial charge in [0.25, 0.3) is 0 Å². The molecule has 9 nitrogen and oxygen atoms in total. The number of carbonyl (C=O) groups excluding carboxylic acids is 1. The molecule has 2 aromatic carbocycles. The highest BCUT2D eigenvalue weighted by Gasteiger charge is 2.21. The first-order valence-electron chi connectivity index (χ1n) is 10.1. The summed E-state index contributed by atoms with van der Waals surface area (Å²) in [5.74, 6) is 0.801. The van der Waals surface area contributed by atoms with Gasteiger partial charge in [-0.3, -0.25) is 9.10 Å². The fourth-order valence-electron chi connectivity index (χ4n) is 3.22. The van der Waals surface area contributed by atoms with Crippen LogP contribution >= 0.6 is 22.9 Å². The van der Waals surface area contributed by atoms with E-state index in [0.717, 1.165) is 11.8 Å². The third-order valence-corrected chi connectivity index (χ3v) is 7.08. The van der Waals surface area contributed by atoms with E-state index in [1.807, 2.05) is 12.1 Å². The van der Waals surface area contributed by atoms with Crippen LogP contribution in [0.25, 0.3) is 10.6 Å². The molecule has 12 heteroatoms. The highest BCUT2D eigenvalue weighted by Crippen LogP contribution is 2.35. The molecule has 2 heterocycles. The maximum Gasteiger partial charge on any atom is 0.232 e. The van der Waals surface area contributed by atoms with E-state index in [4.69, 9.17) is 21.1 Å². The maximum absolute atomic E-state index is 12.4. The second kappa shape index (κ2) is 9.94. The Balaban J connectivity index is 1.35. The molecule has 4 rings (SSSR count).